The zero-order valence-corrected chi connectivity index (χ0v) is 13.0. The lowest BCUT2D eigenvalue weighted by atomic mass is 9.98. The Kier molecular flexibility index (Phi) is 4.02. The summed E-state index contributed by atoms with van der Waals surface area (Å²) in [5, 5.41) is 2.70. The highest BCUT2D eigenvalue weighted by molar-refractivity contribution is 6.12. The Balaban J connectivity index is 1.88. The summed E-state index contributed by atoms with van der Waals surface area (Å²) < 4.78 is 11.1. The van der Waals surface area contributed by atoms with Gasteiger partial charge in [-0.15, -0.1) is 0 Å². The molecule has 1 N–H and O–H groups in total. The summed E-state index contributed by atoms with van der Waals surface area (Å²) in [6, 6.07) is 7.43. The minimum Gasteiger partial charge on any atom is -0.496 e. The molecule has 2 aliphatic rings. The third kappa shape index (κ3) is 3.04. The van der Waals surface area contributed by atoms with E-state index >= 15 is 0 Å². The monoisotopic (exact) mass is 311 g/mol. The number of hydrogen-bond acceptors (Lipinski definition) is 4. The number of benzene rings is 1. The Hall–Kier alpha value is -2.82. The molecule has 1 aliphatic heterocycles. The maximum absolute atomic E-state index is 12.5. The molecule has 3 rings (SSSR count). The zero-order chi connectivity index (χ0) is 16.4. The Morgan fingerprint density at radius 1 is 1.39 bits per heavy atom. The van der Waals surface area contributed by atoms with E-state index in [-0.39, 0.29) is 17.8 Å². The zero-order valence-electron chi connectivity index (χ0n) is 13.0. The maximum Gasteiger partial charge on any atom is 0.227 e. The molecule has 5 nitrogen and oxygen atoms in total. The Bertz CT molecular complexity index is 758. The fourth-order valence-electron chi connectivity index (χ4n) is 2.67. The van der Waals surface area contributed by atoms with E-state index in [9.17, 15) is 9.59 Å². The van der Waals surface area contributed by atoms with Crippen molar-refractivity contribution in [2.45, 2.75) is 19.4 Å². The number of fused-ring (bicyclic) bond motifs is 1. The van der Waals surface area contributed by atoms with Gasteiger partial charge in [-0.25, -0.2) is 0 Å². The molecule has 1 heterocycles. The van der Waals surface area contributed by atoms with Gasteiger partial charge in [0.15, 0.2) is 5.76 Å². The highest BCUT2D eigenvalue weighted by Gasteiger charge is 2.36. The number of ether oxygens (including phenoxy) is 2. The van der Waals surface area contributed by atoms with Crippen molar-refractivity contribution in [1.82, 2.24) is 5.32 Å². The normalized spacial score (nSPS) is 21.2. The van der Waals surface area contributed by atoms with Gasteiger partial charge in [0.2, 0.25) is 11.7 Å². The first-order valence-corrected chi connectivity index (χ1v) is 7.34. The molecule has 5 heteroatoms. The van der Waals surface area contributed by atoms with Crippen molar-refractivity contribution in [3.63, 3.8) is 0 Å². The summed E-state index contributed by atoms with van der Waals surface area (Å²) >= 11 is 0. The number of para-hydroxylation sites is 1. The molecule has 0 spiro atoms. The second-order valence-corrected chi connectivity index (χ2v) is 5.36. The van der Waals surface area contributed by atoms with Crippen LogP contribution in [0.1, 0.15) is 18.9 Å². The fraction of sp³-hybridized carbons (Fsp3) is 0.222. The molecule has 118 valence electrons. The van der Waals surface area contributed by atoms with Crippen LogP contribution in [0.4, 0.5) is 0 Å². The van der Waals surface area contributed by atoms with Gasteiger partial charge in [0.05, 0.1) is 7.11 Å². The van der Waals surface area contributed by atoms with Gasteiger partial charge < -0.3 is 14.8 Å². The minimum atomic E-state index is -0.291. The number of Topliss-reactive ketones (excluding diaryl/α,β-unsaturated/α-hetero) is 1. The van der Waals surface area contributed by atoms with Gasteiger partial charge in [-0.05, 0) is 18.2 Å². The highest BCUT2D eigenvalue weighted by atomic mass is 16.5. The van der Waals surface area contributed by atoms with E-state index in [0.717, 1.165) is 5.56 Å². The van der Waals surface area contributed by atoms with Crippen molar-refractivity contribution in [1.29, 1.82) is 0 Å². The standard InChI is InChI=1S/C18H17NO4/c1-11(20)19-13-7-8-16-14(10-13)18(21)17(23-16)9-12-5-3-4-6-15(12)22-2/h3-7,9-10,16H,8H2,1-2H3,(H,19,20)/b17-9-. The SMILES string of the molecule is COc1ccccc1/C=C1\OC2CC=C(NC(C)=O)C=C2C1=O. The molecule has 1 unspecified atom stereocenters. The quantitative estimate of drug-likeness (QED) is 0.870. The number of nitrogens with one attached hydrogen (secondary N) is 1. The van der Waals surface area contributed by atoms with Crippen molar-refractivity contribution in [3.8, 4) is 5.75 Å². The topological polar surface area (TPSA) is 64.6 Å². The maximum atomic E-state index is 12.5. The van der Waals surface area contributed by atoms with Crippen LogP contribution < -0.4 is 10.1 Å². The lowest BCUT2D eigenvalue weighted by Crippen LogP contribution is -2.22. The molecule has 1 atom stereocenters. The first kappa shape index (κ1) is 15.1. The van der Waals surface area contributed by atoms with Crippen molar-refractivity contribution < 1.29 is 19.1 Å². The number of carbonyl (C=O) groups is 2. The molecule has 1 fully saturated rings. The molecule has 1 amide bonds. The molecule has 0 radical (unpaired) electrons. The van der Waals surface area contributed by atoms with Crippen LogP contribution in [-0.2, 0) is 14.3 Å². The van der Waals surface area contributed by atoms with E-state index in [1.54, 1.807) is 19.3 Å². The molecule has 1 aromatic carbocycles. The van der Waals surface area contributed by atoms with Gasteiger partial charge >= 0.3 is 0 Å². The van der Waals surface area contributed by atoms with Crippen LogP contribution in [0.3, 0.4) is 0 Å². The van der Waals surface area contributed by atoms with Crippen LogP contribution in [-0.4, -0.2) is 24.9 Å². The largest absolute Gasteiger partial charge is 0.496 e. The summed E-state index contributed by atoms with van der Waals surface area (Å²) in [5.41, 5.74) is 1.99. The van der Waals surface area contributed by atoms with E-state index < -0.39 is 0 Å². The van der Waals surface area contributed by atoms with E-state index in [1.807, 2.05) is 30.3 Å². The van der Waals surface area contributed by atoms with Gasteiger partial charge in [0, 0.05) is 30.2 Å². The number of ketones is 1. The molecule has 1 saturated heterocycles. The van der Waals surface area contributed by atoms with Crippen molar-refractivity contribution in [3.05, 3.63) is 59.0 Å². The predicted octanol–water partition coefficient (Wildman–Crippen LogP) is 2.35. The molecular formula is C18H17NO4. The Labute approximate surface area is 134 Å². The van der Waals surface area contributed by atoms with Gasteiger partial charge in [-0.1, -0.05) is 24.3 Å². The van der Waals surface area contributed by atoms with Gasteiger partial charge in [-0.2, -0.15) is 0 Å². The van der Waals surface area contributed by atoms with E-state index in [2.05, 4.69) is 5.32 Å². The molecular weight excluding hydrogens is 294 g/mol. The summed E-state index contributed by atoms with van der Waals surface area (Å²) in [7, 11) is 1.58. The number of amides is 1. The lowest BCUT2D eigenvalue weighted by molar-refractivity contribution is -0.118. The summed E-state index contributed by atoms with van der Waals surface area (Å²) in [6.07, 6.45) is 5.49. The second kappa shape index (κ2) is 6.12. The van der Waals surface area contributed by atoms with Gasteiger partial charge in [-0.3, -0.25) is 9.59 Å². The first-order valence-electron chi connectivity index (χ1n) is 7.34. The Morgan fingerprint density at radius 3 is 2.91 bits per heavy atom. The second-order valence-electron chi connectivity index (χ2n) is 5.36. The average Bonchev–Trinajstić information content (AvgIpc) is 2.84. The smallest absolute Gasteiger partial charge is 0.227 e. The number of allylic oxidation sites excluding steroid dienone is 2. The third-order valence-electron chi connectivity index (χ3n) is 3.71. The molecule has 1 aliphatic carbocycles. The van der Waals surface area contributed by atoms with Crippen LogP contribution in [0, 0.1) is 0 Å². The average molecular weight is 311 g/mol. The van der Waals surface area contributed by atoms with Crippen molar-refractivity contribution >= 4 is 17.8 Å². The van der Waals surface area contributed by atoms with Crippen LogP contribution >= 0.6 is 0 Å². The highest BCUT2D eigenvalue weighted by Crippen LogP contribution is 2.33. The van der Waals surface area contributed by atoms with Crippen LogP contribution in [0.25, 0.3) is 6.08 Å². The van der Waals surface area contributed by atoms with Crippen LogP contribution in [0.15, 0.2) is 53.4 Å². The third-order valence-corrected chi connectivity index (χ3v) is 3.71. The molecule has 1 aromatic rings. The predicted molar refractivity (Wildman–Crippen MR) is 85.5 cm³/mol. The fourth-order valence-corrected chi connectivity index (χ4v) is 2.67. The van der Waals surface area contributed by atoms with Crippen LogP contribution in [0.5, 0.6) is 5.75 Å². The number of methoxy groups -OCH3 is 1. The van der Waals surface area contributed by atoms with Crippen molar-refractivity contribution in [2.75, 3.05) is 7.11 Å². The lowest BCUT2D eigenvalue weighted by Gasteiger charge is -2.15. The van der Waals surface area contributed by atoms with E-state index in [4.69, 9.17) is 9.47 Å². The number of hydrogen-bond donors (Lipinski definition) is 1. The van der Waals surface area contributed by atoms with Crippen molar-refractivity contribution in [2.24, 2.45) is 0 Å². The molecule has 0 bridgehead atoms. The summed E-state index contributed by atoms with van der Waals surface area (Å²) in [6.45, 7) is 1.44. The van der Waals surface area contributed by atoms with E-state index in [1.165, 1.54) is 6.92 Å². The first-order chi connectivity index (χ1) is 11.1. The summed E-state index contributed by atoms with van der Waals surface area (Å²) in [5.74, 6) is 0.653. The van der Waals surface area contributed by atoms with E-state index in [0.29, 0.717) is 29.2 Å². The Morgan fingerprint density at radius 2 is 2.17 bits per heavy atom. The number of rotatable bonds is 3. The molecule has 0 aromatic heterocycles. The minimum absolute atomic E-state index is 0.156. The molecule has 0 saturated carbocycles. The van der Waals surface area contributed by atoms with Crippen LogP contribution in [0.2, 0.25) is 0 Å². The van der Waals surface area contributed by atoms with Gasteiger partial charge in [0.1, 0.15) is 11.9 Å². The van der Waals surface area contributed by atoms with Gasteiger partial charge in [0.25, 0.3) is 0 Å². The summed E-state index contributed by atoms with van der Waals surface area (Å²) in [4.78, 5) is 23.7. The number of carbonyl (C=O) groups excluding carboxylic acids is 2. The molecule has 23 heavy (non-hydrogen) atoms.